The first kappa shape index (κ1) is 16.9. The number of amides is 1. The van der Waals surface area contributed by atoms with Gasteiger partial charge in [-0.05, 0) is 31.2 Å². The fourth-order valence-corrected chi connectivity index (χ4v) is 2.86. The van der Waals surface area contributed by atoms with Crippen molar-refractivity contribution in [2.75, 3.05) is 6.54 Å². The van der Waals surface area contributed by atoms with Crippen LogP contribution in [0, 0.1) is 17.6 Å². The predicted octanol–water partition coefficient (Wildman–Crippen LogP) is 2.91. The molecule has 22 heavy (non-hydrogen) atoms. The topological polar surface area (TPSA) is 49.3 Å². The van der Waals surface area contributed by atoms with E-state index < -0.39 is 23.2 Å². The van der Waals surface area contributed by atoms with E-state index in [0.29, 0.717) is 25.8 Å². The van der Waals surface area contributed by atoms with Gasteiger partial charge in [-0.1, -0.05) is 26.3 Å². The molecule has 1 aliphatic carbocycles. The van der Waals surface area contributed by atoms with Gasteiger partial charge in [-0.25, -0.2) is 8.78 Å². The molecule has 0 heterocycles. The van der Waals surface area contributed by atoms with Crippen LogP contribution in [0.2, 0.25) is 0 Å². The van der Waals surface area contributed by atoms with E-state index in [9.17, 15) is 18.7 Å². The van der Waals surface area contributed by atoms with Crippen LogP contribution in [0.5, 0.6) is 0 Å². The highest BCUT2D eigenvalue weighted by molar-refractivity contribution is 5.89. The second-order valence-electron chi connectivity index (χ2n) is 6.42. The molecular weight excluding hydrogens is 288 g/mol. The van der Waals surface area contributed by atoms with Crippen molar-refractivity contribution in [2.45, 2.75) is 51.0 Å². The molecule has 2 N–H and O–H groups in total. The fraction of sp³-hybridized carbons (Fsp3) is 0.588. The number of hydrogen-bond acceptors (Lipinski definition) is 2. The van der Waals surface area contributed by atoms with Crippen LogP contribution < -0.4 is 5.32 Å². The summed E-state index contributed by atoms with van der Waals surface area (Å²) >= 11 is 0. The summed E-state index contributed by atoms with van der Waals surface area (Å²) in [4.78, 5) is 12.5. The van der Waals surface area contributed by atoms with E-state index >= 15 is 0 Å². The van der Waals surface area contributed by atoms with Gasteiger partial charge in [-0.2, -0.15) is 0 Å². The molecule has 1 unspecified atom stereocenters. The van der Waals surface area contributed by atoms with E-state index in [0.717, 1.165) is 12.5 Å². The average Bonchev–Trinajstić information content (AvgIpc) is 2.39. The van der Waals surface area contributed by atoms with Crippen LogP contribution in [0.3, 0.4) is 0 Å². The lowest BCUT2D eigenvalue weighted by Gasteiger charge is -2.41. The SMILES string of the molecule is CC(C)C(O)CCNC(=O)C1(c2ccc(F)cc2F)CCC1. The number of carbonyl (C=O) groups is 1. The van der Waals surface area contributed by atoms with E-state index in [2.05, 4.69) is 5.32 Å². The van der Waals surface area contributed by atoms with Crippen LogP contribution in [0.25, 0.3) is 0 Å². The first-order chi connectivity index (χ1) is 10.4. The Labute approximate surface area is 129 Å². The molecule has 0 radical (unpaired) electrons. The van der Waals surface area contributed by atoms with Crippen molar-refractivity contribution in [3.05, 3.63) is 35.4 Å². The van der Waals surface area contributed by atoms with Gasteiger partial charge in [-0.3, -0.25) is 4.79 Å². The second kappa shape index (κ2) is 6.73. The molecule has 0 bridgehead atoms. The van der Waals surface area contributed by atoms with Crippen molar-refractivity contribution in [3.63, 3.8) is 0 Å². The molecule has 1 fully saturated rings. The zero-order chi connectivity index (χ0) is 16.3. The Morgan fingerprint density at radius 2 is 2.05 bits per heavy atom. The molecular formula is C17H23F2NO2. The van der Waals surface area contributed by atoms with E-state index in [1.807, 2.05) is 13.8 Å². The monoisotopic (exact) mass is 311 g/mol. The summed E-state index contributed by atoms with van der Waals surface area (Å²) in [5, 5.41) is 12.5. The molecule has 1 saturated carbocycles. The number of halogens is 2. The van der Waals surface area contributed by atoms with Crippen LogP contribution in [0.15, 0.2) is 18.2 Å². The average molecular weight is 311 g/mol. The molecule has 1 aromatic rings. The largest absolute Gasteiger partial charge is 0.393 e. The zero-order valence-corrected chi connectivity index (χ0v) is 13.0. The van der Waals surface area contributed by atoms with Gasteiger partial charge in [0.15, 0.2) is 0 Å². The van der Waals surface area contributed by atoms with Crippen LogP contribution in [-0.2, 0) is 10.2 Å². The quantitative estimate of drug-likeness (QED) is 0.848. The van der Waals surface area contributed by atoms with Gasteiger partial charge in [0, 0.05) is 18.2 Å². The summed E-state index contributed by atoms with van der Waals surface area (Å²) in [6, 6.07) is 3.38. The maximum absolute atomic E-state index is 14.0. The molecule has 1 atom stereocenters. The van der Waals surface area contributed by atoms with Crippen LogP contribution in [0.4, 0.5) is 8.78 Å². The predicted molar refractivity (Wildman–Crippen MR) is 80.4 cm³/mol. The molecule has 1 amide bonds. The number of benzene rings is 1. The third-order valence-corrected chi connectivity index (χ3v) is 4.58. The van der Waals surface area contributed by atoms with E-state index in [4.69, 9.17) is 0 Å². The molecule has 3 nitrogen and oxygen atoms in total. The Bertz CT molecular complexity index is 541. The lowest BCUT2D eigenvalue weighted by Crippen LogP contribution is -2.50. The number of hydrogen-bond donors (Lipinski definition) is 2. The molecule has 5 heteroatoms. The lowest BCUT2D eigenvalue weighted by molar-refractivity contribution is -0.130. The van der Waals surface area contributed by atoms with Crippen molar-refractivity contribution in [1.29, 1.82) is 0 Å². The Hall–Kier alpha value is -1.49. The Balaban J connectivity index is 2.05. The second-order valence-corrected chi connectivity index (χ2v) is 6.42. The van der Waals surface area contributed by atoms with Crippen molar-refractivity contribution >= 4 is 5.91 Å². The summed E-state index contributed by atoms with van der Waals surface area (Å²) in [6.45, 7) is 4.17. The fourth-order valence-electron chi connectivity index (χ4n) is 2.86. The molecule has 0 spiro atoms. The van der Waals surface area contributed by atoms with Crippen LogP contribution in [0.1, 0.15) is 45.1 Å². The number of nitrogens with one attached hydrogen (secondary N) is 1. The van der Waals surface area contributed by atoms with Gasteiger partial charge >= 0.3 is 0 Å². The molecule has 122 valence electrons. The first-order valence-corrected chi connectivity index (χ1v) is 7.79. The molecule has 1 aromatic carbocycles. The zero-order valence-electron chi connectivity index (χ0n) is 13.0. The van der Waals surface area contributed by atoms with Gasteiger partial charge in [0.1, 0.15) is 11.6 Å². The van der Waals surface area contributed by atoms with E-state index in [1.54, 1.807) is 0 Å². The maximum Gasteiger partial charge on any atom is 0.230 e. The standard InChI is InChI=1S/C17H23F2NO2/c1-11(2)15(21)6-9-20-16(22)17(7-3-8-17)13-5-4-12(18)10-14(13)19/h4-5,10-11,15,21H,3,6-9H2,1-2H3,(H,20,22). The Morgan fingerprint density at radius 3 is 2.55 bits per heavy atom. The van der Waals surface area contributed by atoms with Gasteiger partial charge in [0.05, 0.1) is 11.5 Å². The summed E-state index contributed by atoms with van der Waals surface area (Å²) in [7, 11) is 0. The van der Waals surface area contributed by atoms with E-state index in [1.165, 1.54) is 12.1 Å². The minimum absolute atomic E-state index is 0.129. The van der Waals surface area contributed by atoms with Crippen molar-refractivity contribution < 1.29 is 18.7 Å². The maximum atomic E-state index is 14.0. The summed E-state index contributed by atoms with van der Waals surface area (Å²) < 4.78 is 27.1. The van der Waals surface area contributed by atoms with Gasteiger partial charge in [0.25, 0.3) is 0 Å². The van der Waals surface area contributed by atoms with Gasteiger partial charge < -0.3 is 10.4 Å². The Kier molecular flexibility index (Phi) is 5.16. The van der Waals surface area contributed by atoms with Crippen molar-refractivity contribution in [1.82, 2.24) is 5.32 Å². The molecule has 2 rings (SSSR count). The third kappa shape index (κ3) is 3.29. The Morgan fingerprint density at radius 1 is 1.36 bits per heavy atom. The highest BCUT2D eigenvalue weighted by Crippen LogP contribution is 2.45. The molecule has 1 aliphatic rings. The highest BCUT2D eigenvalue weighted by atomic mass is 19.1. The first-order valence-electron chi connectivity index (χ1n) is 7.79. The number of aliphatic hydroxyl groups excluding tert-OH is 1. The van der Waals surface area contributed by atoms with Gasteiger partial charge in [0.2, 0.25) is 5.91 Å². The van der Waals surface area contributed by atoms with Crippen LogP contribution in [-0.4, -0.2) is 23.7 Å². The summed E-state index contributed by atoms with van der Waals surface area (Å²) in [5.41, 5.74) is -0.623. The number of aliphatic hydroxyl groups is 1. The minimum Gasteiger partial charge on any atom is -0.393 e. The molecule has 0 aliphatic heterocycles. The number of carbonyl (C=O) groups excluding carboxylic acids is 1. The molecule has 0 aromatic heterocycles. The summed E-state index contributed by atoms with van der Waals surface area (Å²) in [5.74, 6) is -1.42. The minimum atomic E-state index is -0.888. The normalized spacial score (nSPS) is 17.9. The van der Waals surface area contributed by atoms with Crippen molar-refractivity contribution in [2.24, 2.45) is 5.92 Å². The molecule has 0 saturated heterocycles. The highest BCUT2D eigenvalue weighted by Gasteiger charge is 2.47. The van der Waals surface area contributed by atoms with Gasteiger partial charge in [-0.15, -0.1) is 0 Å². The lowest BCUT2D eigenvalue weighted by atomic mass is 9.63. The van der Waals surface area contributed by atoms with Crippen molar-refractivity contribution in [3.8, 4) is 0 Å². The number of rotatable bonds is 6. The smallest absolute Gasteiger partial charge is 0.230 e. The van der Waals surface area contributed by atoms with E-state index in [-0.39, 0.29) is 17.4 Å². The summed E-state index contributed by atoms with van der Waals surface area (Å²) in [6.07, 6.45) is 1.96. The van der Waals surface area contributed by atoms with Crippen LogP contribution >= 0.6 is 0 Å². The third-order valence-electron chi connectivity index (χ3n) is 4.58.